The number of para-hydroxylation sites is 1. The number of hydrogen-bond acceptors (Lipinski definition) is 6. The maximum atomic E-state index is 13.2. The van der Waals surface area contributed by atoms with Gasteiger partial charge in [0.15, 0.2) is 0 Å². The molecule has 2 aromatic rings. The summed E-state index contributed by atoms with van der Waals surface area (Å²) in [5, 5.41) is 9.11. The average molecular weight is 448 g/mol. The lowest BCUT2D eigenvalue weighted by Crippen LogP contribution is -2.61. The number of piperazine rings is 1. The van der Waals surface area contributed by atoms with Gasteiger partial charge in [0.2, 0.25) is 15.9 Å². The van der Waals surface area contributed by atoms with Gasteiger partial charge < -0.3 is 9.64 Å². The lowest BCUT2D eigenvalue weighted by atomic mass is 10.1. The van der Waals surface area contributed by atoms with Crippen LogP contribution in [0, 0.1) is 5.92 Å². The molecule has 2 amide bonds. The van der Waals surface area contributed by atoms with E-state index in [-0.39, 0.29) is 36.4 Å². The van der Waals surface area contributed by atoms with Crippen LogP contribution in [0.15, 0.2) is 59.5 Å². The maximum Gasteiger partial charge on any atom is 0.263 e. The van der Waals surface area contributed by atoms with E-state index in [9.17, 15) is 18.0 Å². The molecule has 10 heteroatoms. The van der Waals surface area contributed by atoms with Gasteiger partial charge in [-0.15, -0.1) is 0 Å². The Kier molecular flexibility index (Phi) is 6.94. The number of carbonyl (C=O) groups is 2. The molecule has 0 saturated carbocycles. The zero-order valence-electron chi connectivity index (χ0n) is 17.3. The summed E-state index contributed by atoms with van der Waals surface area (Å²) in [7, 11) is -4.06. The highest BCUT2D eigenvalue weighted by atomic mass is 32.2. The van der Waals surface area contributed by atoms with E-state index in [0.717, 1.165) is 4.31 Å². The number of ether oxygens (including phenoxy) is 1. The molecule has 0 spiro atoms. The third-order valence-electron chi connectivity index (χ3n) is 4.96. The fourth-order valence-electron chi connectivity index (χ4n) is 3.35. The average Bonchev–Trinajstić information content (AvgIpc) is 2.78. The molecule has 1 atom stereocenters. The van der Waals surface area contributed by atoms with Crippen LogP contribution < -0.4 is 10.2 Å². The van der Waals surface area contributed by atoms with Crippen molar-refractivity contribution in [1.82, 2.24) is 14.7 Å². The molecular formula is C21H25N3O6S. The van der Waals surface area contributed by atoms with Crippen molar-refractivity contribution in [1.29, 1.82) is 0 Å². The van der Waals surface area contributed by atoms with E-state index in [2.05, 4.69) is 0 Å². The van der Waals surface area contributed by atoms with E-state index in [1.165, 1.54) is 34.6 Å². The lowest BCUT2D eigenvalue weighted by molar-refractivity contribution is -0.141. The second-order valence-electron chi connectivity index (χ2n) is 7.43. The zero-order valence-corrected chi connectivity index (χ0v) is 18.1. The van der Waals surface area contributed by atoms with Gasteiger partial charge in [0.05, 0.1) is 4.90 Å². The third kappa shape index (κ3) is 5.04. The summed E-state index contributed by atoms with van der Waals surface area (Å²) < 4.78 is 33.1. The minimum Gasteiger partial charge on any atom is -0.457 e. The van der Waals surface area contributed by atoms with E-state index in [1.54, 1.807) is 26.0 Å². The van der Waals surface area contributed by atoms with Gasteiger partial charge in [-0.25, -0.2) is 13.9 Å². The molecule has 1 heterocycles. The first-order valence-corrected chi connectivity index (χ1v) is 11.3. The molecule has 0 radical (unpaired) electrons. The molecule has 1 aliphatic rings. The van der Waals surface area contributed by atoms with E-state index in [0.29, 0.717) is 11.5 Å². The summed E-state index contributed by atoms with van der Waals surface area (Å²) in [5.74, 6) is -0.298. The van der Waals surface area contributed by atoms with Crippen molar-refractivity contribution in [3.63, 3.8) is 0 Å². The van der Waals surface area contributed by atoms with Crippen LogP contribution in [0.25, 0.3) is 0 Å². The van der Waals surface area contributed by atoms with Crippen molar-refractivity contribution < 1.29 is 28.0 Å². The van der Waals surface area contributed by atoms with Gasteiger partial charge in [0, 0.05) is 25.6 Å². The molecule has 1 aliphatic heterocycles. The van der Waals surface area contributed by atoms with Crippen molar-refractivity contribution in [2.45, 2.75) is 24.8 Å². The fourth-order valence-corrected chi connectivity index (χ4v) is 4.92. The van der Waals surface area contributed by atoms with Crippen LogP contribution in [0.5, 0.6) is 11.5 Å². The normalized spacial score (nSPS) is 17.4. The van der Waals surface area contributed by atoms with Crippen LogP contribution in [0.1, 0.15) is 13.8 Å². The lowest BCUT2D eigenvalue weighted by Gasteiger charge is -2.39. The number of amides is 2. The fraction of sp³-hybridized carbons (Fsp3) is 0.333. The highest BCUT2D eigenvalue weighted by Gasteiger charge is 2.41. The molecule has 2 N–H and O–H groups in total. The SMILES string of the molecule is CC(C)C(=O)N1CCN(S(=O)(=O)c2ccc(Oc3ccccc3)cc2)C(C(=O)NO)C1. The highest BCUT2D eigenvalue weighted by Crippen LogP contribution is 2.26. The van der Waals surface area contributed by atoms with Gasteiger partial charge in [0.1, 0.15) is 17.5 Å². The van der Waals surface area contributed by atoms with Crippen LogP contribution in [0.2, 0.25) is 0 Å². The van der Waals surface area contributed by atoms with Gasteiger partial charge in [-0.05, 0) is 36.4 Å². The molecule has 9 nitrogen and oxygen atoms in total. The number of carbonyl (C=O) groups excluding carboxylic acids is 2. The summed E-state index contributed by atoms with van der Waals surface area (Å²) in [6, 6.07) is 13.7. The van der Waals surface area contributed by atoms with Crippen molar-refractivity contribution in [3.8, 4) is 11.5 Å². The van der Waals surface area contributed by atoms with Gasteiger partial charge in [-0.3, -0.25) is 14.8 Å². The van der Waals surface area contributed by atoms with Crippen molar-refractivity contribution >= 4 is 21.8 Å². The Bertz CT molecular complexity index is 1020. The van der Waals surface area contributed by atoms with E-state index >= 15 is 0 Å². The molecule has 166 valence electrons. The summed E-state index contributed by atoms with van der Waals surface area (Å²) >= 11 is 0. The Balaban J connectivity index is 1.82. The first-order chi connectivity index (χ1) is 14.7. The maximum absolute atomic E-state index is 13.2. The standard InChI is InChI=1S/C21H25N3O6S/c1-15(2)21(26)23-12-13-24(19(14-23)20(25)22-27)31(28,29)18-10-8-17(9-11-18)30-16-6-4-3-5-7-16/h3-11,15,19,27H,12-14H2,1-2H3,(H,22,25). The highest BCUT2D eigenvalue weighted by molar-refractivity contribution is 7.89. The number of benzene rings is 2. The number of rotatable bonds is 6. The second kappa shape index (κ2) is 9.46. The van der Waals surface area contributed by atoms with Crippen LogP contribution in [0.3, 0.4) is 0 Å². The monoisotopic (exact) mass is 447 g/mol. The van der Waals surface area contributed by atoms with E-state index < -0.39 is 22.0 Å². The first kappa shape index (κ1) is 22.7. The quantitative estimate of drug-likeness (QED) is 0.516. The molecule has 3 rings (SSSR count). The minimum atomic E-state index is -4.06. The minimum absolute atomic E-state index is 0.0210. The summed E-state index contributed by atoms with van der Waals surface area (Å²) in [6.07, 6.45) is 0. The molecule has 0 aromatic heterocycles. The predicted molar refractivity (Wildman–Crippen MR) is 112 cm³/mol. The van der Waals surface area contributed by atoms with Gasteiger partial charge in [-0.2, -0.15) is 4.31 Å². The molecule has 1 saturated heterocycles. The number of hydroxylamine groups is 1. The largest absolute Gasteiger partial charge is 0.457 e. The molecule has 31 heavy (non-hydrogen) atoms. The Morgan fingerprint density at radius 1 is 1.03 bits per heavy atom. The molecular weight excluding hydrogens is 422 g/mol. The van der Waals surface area contributed by atoms with Crippen LogP contribution in [-0.4, -0.2) is 60.3 Å². The number of sulfonamides is 1. The topological polar surface area (TPSA) is 116 Å². The Labute approximate surface area is 181 Å². The molecule has 2 aromatic carbocycles. The van der Waals surface area contributed by atoms with Gasteiger partial charge >= 0.3 is 0 Å². The Morgan fingerprint density at radius 3 is 2.23 bits per heavy atom. The third-order valence-corrected chi connectivity index (χ3v) is 6.88. The number of hydrogen-bond donors (Lipinski definition) is 2. The van der Waals surface area contributed by atoms with Crippen molar-refractivity contribution in [2.75, 3.05) is 19.6 Å². The first-order valence-electron chi connectivity index (χ1n) is 9.81. The van der Waals surface area contributed by atoms with Crippen LogP contribution >= 0.6 is 0 Å². The van der Waals surface area contributed by atoms with Crippen LogP contribution in [-0.2, 0) is 19.6 Å². The number of nitrogens with zero attached hydrogens (tertiary/aromatic N) is 2. The predicted octanol–water partition coefficient (Wildman–Crippen LogP) is 1.84. The van der Waals surface area contributed by atoms with Gasteiger partial charge in [0.25, 0.3) is 5.91 Å². The Morgan fingerprint density at radius 2 is 1.65 bits per heavy atom. The smallest absolute Gasteiger partial charge is 0.263 e. The second-order valence-corrected chi connectivity index (χ2v) is 9.32. The summed E-state index contributed by atoms with van der Waals surface area (Å²) in [6.45, 7) is 3.40. The zero-order chi connectivity index (χ0) is 22.6. The van der Waals surface area contributed by atoms with E-state index in [4.69, 9.17) is 9.94 Å². The summed E-state index contributed by atoms with van der Waals surface area (Å²) in [4.78, 5) is 26.0. The molecule has 1 fully saturated rings. The summed E-state index contributed by atoms with van der Waals surface area (Å²) in [5.41, 5.74) is 1.51. The van der Waals surface area contributed by atoms with E-state index in [1.807, 2.05) is 18.2 Å². The van der Waals surface area contributed by atoms with Crippen molar-refractivity contribution in [2.24, 2.45) is 5.92 Å². The molecule has 0 bridgehead atoms. The molecule has 0 aliphatic carbocycles. The molecule has 1 unspecified atom stereocenters. The van der Waals surface area contributed by atoms with Gasteiger partial charge in [-0.1, -0.05) is 32.0 Å². The van der Waals surface area contributed by atoms with Crippen LogP contribution in [0.4, 0.5) is 0 Å². The number of nitrogens with one attached hydrogen (secondary N) is 1. The Hall–Kier alpha value is -2.95. The van der Waals surface area contributed by atoms with Crippen molar-refractivity contribution in [3.05, 3.63) is 54.6 Å².